The number of hydrogen-bond donors (Lipinski definition) is 2. The number of ether oxygens (including phenoxy) is 1. The van der Waals surface area contributed by atoms with E-state index < -0.39 is 17.3 Å². The smallest absolute Gasteiger partial charge is 0.357 e. The highest BCUT2D eigenvalue weighted by Crippen LogP contribution is 2.65. The Balaban J connectivity index is 1.84. The van der Waals surface area contributed by atoms with Crippen LogP contribution in [0.2, 0.25) is 0 Å². The number of aromatic nitrogens is 1. The molecule has 33 heavy (non-hydrogen) atoms. The first kappa shape index (κ1) is 23.1. The van der Waals surface area contributed by atoms with Gasteiger partial charge < -0.3 is 20.4 Å². The molecule has 1 aromatic carbocycles. The number of nitrogens with one attached hydrogen (secondary N) is 2. The molecule has 2 heterocycles. The van der Waals surface area contributed by atoms with E-state index in [0.29, 0.717) is 35.7 Å². The second-order valence-electron chi connectivity index (χ2n) is 9.37. The molecule has 0 radical (unpaired) electrons. The van der Waals surface area contributed by atoms with Gasteiger partial charge in [0.1, 0.15) is 5.82 Å². The van der Waals surface area contributed by atoms with Crippen molar-refractivity contribution in [2.75, 3.05) is 29.9 Å². The van der Waals surface area contributed by atoms with E-state index in [2.05, 4.69) is 10.3 Å². The van der Waals surface area contributed by atoms with Crippen molar-refractivity contribution < 1.29 is 18.3 Å². The van der Waals surface area contributed by atoms with Gasteiger partial charge in [-0.05, 0) is 49.9 Å². The van der Waals surface area contributed by atoms with E-state index in [0.717, 1.165) is 11.3 Å². The van der Waals surface area contributed by atoms with Crippen molar-refractivity contribution in [2.24, 2.45) is 11.3 Å². The third-order valence-electron chi connectivity index (χ3n) is 6.52. The summed E-state index contributed by atoms with van der Waals surface area (Å²) in [6, 6.07) is 9.28. The number of halogens is 2. The zero-order chi connectivity index (χ0) is 24.0. The molecule has 1 aliphatic heterocycles. The standard InChI is InChI=1S/C25H30F2N4O2/c1-5-33-23(32)18-12-19(31-10-9-24(14-31)13-25(24,26)27)20(21(28)15(2)3)22(30-18)29-17-8-6-7-16(4)11-17/h6-8,11-12,15,28H,5,9-10,13-14H2,1-4H3,(H,29,30). The second kappa shape index (κ2) is 8.39. The van der Waals surface area contributed by atoms with Gasteiger partial charge in [-0.25, -0.2) is 18.6 Å². The van der Waals surface area contributed by atoms with Gasteiger partial charge >= 0.3 is 5.97 Å². The molecule has 1 saturated heterocycles. The maximum Gasteiger partial charge on any atom is 0.357 e. The van der Waals surface area contributed by atoms with Gasteiger partial charge in [0.2, 0.25) is 0 Å². The van der Waals surface area contributed by atoms with Crippen LogP contribution in [0.15, 0.2) is 30.3 Å². The van der Waals surface area contributed by atoms with Crippen LogP contribution in [-0.4, -0.2) is 42.3 Å². The number of benzene rings is 1. The van der Waals surface area contributed by atoms with Gasteiger partial charge in [0.25, 0.3) is 5.92 Å². The Hall–Kier alpha value is -3.03. The summed E-state index contributed by atoms with van der Waals surface area (Å²) in [4.78, 5) is 19.0. The van der Waals surface area contributed by atoms with E-state index in [1.165, 1.54) is 0 Å². The molecule has 2 aromatic rings. The number of carbonyl (C=O) groups excluding carboxylic acids is 1. The van der Waals surface area contributed by atoms with Crippen molar-refractivity contribution in [3.63, 3.8) is 0 Å². The van der Waals surface area contributed by atoms with E-state index in [9.17, 15) is 13.6 Å². The SMILES string of the molecule is CCOC(=O)c1cc(N2CCC3(C2)CC3(F)F)c(C(=N)C(C)C)c(Nc2cccc(C)c2)n1. The minimum atomic E-state index is -2.66. The molecule has 0 bridgehead atoms. The number of nitrogens with zero attached hydrogens (tertiary/aromatic N) is 2. The zero-order valence-electron chi connectivity index (χ0n) is 19.5. The summed E-state index contributed by atoms with van der Waals surface area (Å²) in [5.41, 5.74) is 2.31. The highest BCUT2D eigenvalue weighted by atomic mass is 19.3. The van der Waals surface area contributed by atoms with Gasteiger partial charge in [-0.3, -0.25) is 0 Å². The lowest BCUT2D eigenvalue weighted by atomic mass is 9.97. The Morgan fingerprint density at radius 3 is 2.64 bits per heavy atom. The Kier molecular flexibility index (Phi) is 5.88. The molecule has 2 N–H and O–H groups in total. The quantitative estimate of drug-likeness (QED) is 0.421. The fourth-order valence-electron chi connectivity index (χ4n) is 4.50. The number of alkyl halides is 2. The minimum Gasteiger partial charge on any atom is -0.461 e. The lowest BCUT2D eigenvalue weighted by molar-refractivity contribution is 0.0519. The van der Waals surface area contributed by atoms with Gasteiger partial charge in [0, 0.05) is 30.9 Å². The van der Waals surface area contributed by atoms with Crippen LogP contribution in [0.25, 0.3) is 0 Å². The molecule has 0 amide bonds. The summed E-state index contributed by atoms with van der Waals surface area (Å²) in [6.45, 7) is 8.31. The highest BCUT2D eigenvalue weighted by Gasteiger charge is 2.72. The van der Waals surface area contributed by atoms with Crippen LogP contribution in [-0.2, 0) is 4.74 Å². The van der Waals surface area contributed by atoms with Crippen molar-refractivity contribution in [3.05, 3.63) is 47.2 Å². The summed E-state index contributed by atoms with van der Waals surface area (Å²) in [5, 5.41) is 12.1. The van der Waals surface area contributed by atoms with Gasteiger partial charge in [-0.2, -0.15) is 0 Å². The van der Waals surface area contributed by atoms with E-state index in [4.69, 9.17) is 10.1 Å². The molecular formula is C25H30F2N4O2. The minimum absolute atomic E-state index is 0.0887. The van der Waals surface area contributed by atoms with Crippen molar-refractivity contribution >= 4 is 28.9 Å². The summed E-state index contributed by atoms with van der Waals surface area (Å²) in [6.07, 6.45) is 0.268. The predicted molar refractivity (Wildman–Crippen MR) is 125 cm³/mol. The molecule has 1 aliphatic carbocycles. The fourth-order valence-corrected chi connectivity index (χ4v) is 4.50. The van der Waals surface area contributed by atoms with Crippen LogP contribution >= 0.6 is 0 Å². The number of carbonyl (C=O) groups is 1. The Labute approximate surface area is 192 Å². The fraction of sp³-hybridized carbons (Fsp3) is 0.480. The van der Waals surface area contributed by atoms with Crippen molar-refractivity contribution in [1.29, 1.82) is 5.41 Å². The van der Waals surface area contributed by atoms with E-state index in [1.807, 2.05) is 49.9 Å². The van der Waals surface area contributed by atoms with Crippen molar-refractivity contribution in [3.8, 4) is 0 Å². The average molecular weight is 457 g/mol. The largest absolute Gasteiger partial charge is 0.461 e. The third-order valence-corrected chi connectivity index (χ3v) is 6.52. The first-order chi connectivity index (χ1) is 15.6. The Bertz CT molecular complexity index is 1100. The van der Waals surface area contributed by atoms with E-state index in [1.54, 1.807) is 13.0 Å². The summed E-state index contributed by atoms with van der Waals surface area (Å²) in [7, 11) is 0. The van der Waals surface area contributed by atoms with Crippen molar-refractivity contribution in [2.45, 2.75) is 46.5 Å². The number of hydrogen-bond acceptors (Lipinski definition) is 6. The maximum absolute atomic E-state index is 14.1. The van der Waals surface area contributed by atoms with E-state index >= 15 is 0 Å². The van der Waals surface area contributed by atoms with Crippen LogP contribution < -0.4 is 10.2 Å². The molecule has 1 atom stereocenters. The van der Waals surface area contributed by atoms with Crippen LogP contribution in [0, 0.1) is 23.7 Å². The number of pyridine rings is 1. The van der Waals surface area contributed by atoms with E-state index in [-0.39, 0.29) is 31.2 Å². The Morgan fingerprint density at radius 2 is 2.06 bits per heavy atom. The molecular weight excluding hydrogens is 426 g/mol. The summed E-state index contributed by atoms with van der Waals surface area (Å²) in [5.74, 6) is -3.02. The van der Waals surface area contributed by atoms with Gasteiger partial charge in [0.15, 0.2) is 5.69 Å². The molecule has 1 aromatic heterocycles. The molecule has 1 unspecified atom stereocenters. The number of aryl methyl sites for hydroxylation is 1. The van der Waals surface area contributed by atoms with Crippen LogP contribution in [0.5, 0.6) is 0 Å². The normalized spacial score (nSPS) is 20.9. The molecule has 4 rings (SSSR count). The van der Waals surface area contributed by atoms with Crippen LogP contribution in [0.4, 0.5) is 26.0 Å². The molecule has 1 saturated carbocycles. The highest BCUT2D eigenvalue weighted by molar-refractivity contribution is 6.09. The van der Waals surface area contributed by atoms with Crippen molar-refractivity contribution in [1.82, 2.24) is 4.98 Å². The van der Waals surface area contributed by atoms with Gasteiger partial charge in [0.05, 0.1) is 23.3 Å². The summed E-state index contributed by atoms with van der Waals surface area (Å²) >= 11 is 0. The first-order valence-corrected chi connectivity index (χ1v) is 11.3. The number of esters is 1. The third kappa shape index (κ3) is 4.30. The second-order valence-corrected chi connectivity index (χ2v) is 9.37. The Morgan fingerprint density at radius 1 is 1.33 bits per heavy atom. The first-order valence-electron chi connectivity index (χ1n) is 11.3. The molecule has 2 aliphatic rings. The predicted octanol–water partition coefficient (Wildman–Crippen LogP) is 5.57. The molecule has 6 nitrogen and oxygen atoms in total. The van der Waals surface area contributed by atoms with Crippen LogP contribution in [0.3, 0.4) is 0 Å². The van der Waals surface area contributed by atoms with Crippen LogP contribution in [0.1, 0.15) is 55.2 Å². The summed E-state index contributed by atoms with van der Waals surface area (Å²) < 4.78 is 33.4. The topological polar surface area (TPSA) is 78.3 Å². The lowest BCUT2D eigenvalue weighted by Gasteiger charge is -2.26. The number of rotatable bonds is 7. The molecule has 1 spiro atoms. The van der Waals surface area contributed by atoms with Gasteiger partial charge in [-0.15, -0.1) is 0 Å². The number of anilines is 3. The molecule has 176 valence electrons. The average Bonchev–Trinajstić information content (AvgIpc) is 3.06. The lowest BCUT2D eigenvalue weighted by Crippen LogP contribution is -2.27. The zero-order valence-corrected chi connectivity index (χ0v) is 19.5. The van der Waals surface area contributed by atoms with Gasteiger partial charge in [-0.1, -0.05) is 26.0 Å². The molecule has 8 heteroatoms. The maximum atomic E-state index is 14.1. The monoisotopic (exact) mass is 456 g/mol. The molecule has 2 fully saturated rings.